The molecule has 1 amide bonds. The van der Waals surface area contributed by atoms with Crippen molar-refractivity contribution < 1.29 is 14.7 Å². The minimum Gasteiger partial charge on any atom is -0.481 e. The molecule has 1 unspecified atom stereocenters. The van der Waals surface area contributed by atoms with Crippen molar-refractivity contribution in [3.63, 3.8) is 0 Å². The van der Waals surface area contributed by atoms with Gasteiger partial charge in [-0.15, -0.1) is 0 Å². The van der Waals surface area contributed by atoms with Gasteiger partial charge in [0.2, 0.25) is 5.91 Å². The number of benzene rings is 2. The first kappa shape index (κ1) is 13.1. The summed E-state index contributed by atoms with van der Waals surface area (Å²) in [6.07, 6.45) is -0.131. The molecule has 1 atom stereocenters. The molecule has 0 bridgehead atoms. The lowest BCUT2D eigenvalue weighted by Crippen LogP contribution is -2.28. The molecule has 98 valence electrons. The van der Waals surface area contributed by atoms with E-state index in [1.54, 1.807) is 0 Å². The van der Waals surface area contributed by atoms with Crippen molar-refractivity contribution in [1.82, 2.24) is 5.32 Å². The normalized spacial score (nSPS) is 12.1. The molecular formula is C15H15NO3. The van der Waals surface area contributed by atoms with Gasteiger partial charge >= 0.3 is 5.97 Å². The highest BCUT2D eigenvalue weighted by atomic mass is 16.4. The lowest BCUT2D eigenvalue weighted by molar-refractivity contribution is -0.137. The summed E-state index contributed by atoms with van der Waals surface area (Å²) in [7, 11) is 0. The fourth-order valence-corrected chi connectivity index (χ4v) is 2.21. The molecule has 2 aromatic rings. The molecule has 4 heteroatoms. The highest BCUT2D eigenvalue weighted by molar-refractivity contribution is 5.87. The molecule has 0 radical (unpaired) electrons. The van der Waals surface area contributed by atoms with Gasteiger partial charge in [0.05, 0.1) is 12.5 Å². The van der Waals surface area contributed by atoms with Crippen LogP contribution in [0.1, 0.15) is 24.9 Å². The number of amides is 1. The van der Waals surface area contributed by atoms with Crippen LogP contribution in [0.15, 0.2) is 42.5 Å². The molecule has 0 fully saturated rings. The fourth-order valence-electron chi connectivity index (χ4n) is 2.21. The van der Waals surface area contributed by atoms with Crippen molar-refractivity contribution in [2.45, 2.75) is 19.4 Å². The highest BCUT2D eigenvalue weighted by Crippen LogP contribution is 2.26. The molecule has 19 heavy (non-hydrogen) atoms. The molecule has 0 spiro atoms. The Labute approximate surface area is 111 Å². The van der Waals surface area contributed by atoms with E-state index >= 15 is 0 Å². The first-order valence-electron chi connectivity index (χ1n) is 6.04. The van der Waals surface area contributed by atoms with Gasteiger partial charge in [-0.25, -0.2) is 0 Å². The van der Waals surface area contributed by atoms with E-state index in [-0.39, 0.29) is 12.3 Å². The van der Waals surface area contributed by atoms with Crippen LogP contribution in [0.2, 0.25) is 0 Å². The molecule has 0 aromatic heterocycles. The summed E-state index contributed by atoms with van der Waals surface area (Å²) in [6, 6.07) is 12.9. The van der Waals surface area contributed by atoms with Crippen molar-refractivity contribution in [3.8, 4) is 0 Å². The number of hydrogen-bond acceptors (Lipinski definition) is 2. The van der Waals surface area contributed by atoms with Crippen LogP contribution >= 0.6 is 0 Å². The van der Waals surface area contributed by atoms with Gasteiger partial charge in [-0.3, -0.25) is 9.59 Å². The predicted octanol–water partition coefficient (Wildman–Crippen LogP) is 2.49. The Kier molecular flexibility index (Phi) is 3.80. The molecule has 2 aromatic carbocycles. The third kappa shape index (κ3) is 3.10. The maximum atomic E-state index is 11.2. The first-order chi connectivity index (χ1) is 9.08. The van der Waals surface area contributed by atoms with Gasteiger partial charge in [0, 0.05) is 6.92 Å². The quantitative estimate of drug-likeness (QED) is 0.884. The number of fused-ring (bicyclic) bond motifs is 1. The number of carboxylic acid groups (broad SMARTS) is 1. The molecule has 0 aliphatic rings. The Balaban J connectivity index is 2.48. The minimum atomic E-state index is -0.938. The Morgan fingerprint density at radius 3 is 2.53 bits per heavy atom. The van der Waals surface area contributed by atoms with Gasteiger partial charge in [-0.05, 0) is 16.3 Å². The number of carbonyl (C=O) groups excluding carboxylic acids is 1. The van der Waals surface area contributed by atoms with Gasteiger partial charge in [0.15, 0.2) is 0 Å². The third-order valence-corrected chi connectivity index (χ3v) is 2.96. The largest absolute Gasteiger partial charge is 0.481 e. The number of nitrogens with one attached hydrogen (secondary N) is 1. The van der Waals surface area contributed by atoms with E-state index in [1.165, 1.54) is 6.92 Å². The zero-order chi connectivity index (χ0) is 13.8. The number of carbonyl (C=O) groups is 2. The lowest BCUT2D eigenvalue weighted by atomic mass is 9.96. The molecule has 0 aliphatic heterocycles. The van der Waals surface area contributed by atoms with Crippen LogP contribution in [0.5, 0.6) is 0 Å². The van der Waals surface area contributed by atoms with Crippen LogP contribution in [-0.4, -0.2) is 17.0 Å². The minimum absolute atomic E-state index is 0.131. The Bertz CT molecular complexity index is 600. The number of carboxylic acids is 1. The molecule has 2 N–H and O–H groups in total. The molecule has 2 rings (SSSR count). The van der Waals surface area contributed by atoms with E-state index in [1.807, 2.05) is 42.5 Å². The Morgan fingerprint density at radius 1 is 1.16 bits per heavy atom. The monoisotopic (exact) mass is 257 g/mol. The third-order valence-electron chi connectivity index (χ3n) is 2.96. The summed E-state index contributed by atoms with van der Waals surface area (Å²) in [5.41, 5.74) is 0.829. The van der Waals surface area contributed by atoms with E-state index in [9.17, 15) is 9.59 Å². The summed E-state index contributed by atoms with van der Waals surface area (Å²) in [5, 5.41) is 13.7. The van der Waals surface area contributed by atoms with Gasteiger partial charge in [-0.1, -0.05) is 42.5 Å². The Morgan fingerprint density at radius 2 is 1.84 bits per heavy atom. The molecular weight excluding hydrogens is 242 g/mol. The van der Waals surface area contributed by atoms with Gasteiger partial charge < -0.3 is 10.4 Å². The molecule has 0 saturated carbocycles. The van der Waals surface area contributed by atoms with E-state index in [0.29, 0.717) is 0 Å². The molecule has 0 saturated heterocycles. The molecule has 0 aliphatic carbocycles. The number of hydrogen-bond donors (Lipinski definition) is 2. The standard InChI is InChI=1S/C15H15NO3/c1-10(17)16-14(9-15(18)19)13-8-4-6-11-5-2-3-7-12(11)13/h2-8,14H,9H2,1H3,(H,16,17)(H,18,19). The summed E-state index contributed by atoms with van der Waals surface area (Å²) < 4.78 is 0. The van der Waals surface area contributed by atoms with Crippen molar-refractivity contribution in [2.75, 3.05) is 0 Å². The predicted molar refractivity (Wildman–Crippen MR) is 72.8 cm³/mol. The summed E-state index contributed by atoms with van der Waals surface area (Å²) >= 11 is 0. The van der Waals surface area contributed by atoms with Gasteiger partial charge in [0.1, 0.15) is 0 Å². The fraction of sp³-hybridized carbons (Fsp3) is 0.200. The lowest BCUT2D eigenvalue weighted by Gasteiger charge is -2.18. The summed E-state index contributed by atoms with van der Waals surface area (Å²) in [6.45, 7) is 1.39. The van der Waals surface area contributed by atoms with E-state index in [2.05, 4.69) is 5.32 Å². The second-order valence-corrected chi connectivity index (χ2v) is 4.42. The van der Waals surface area contributed by atoms with E-state index in [4.69, 9.17) is 5.11 Å². The van der Waals surface area contributed by atoms with E-state index in [0.717, 1.165) is 16.3 Å². The van der Waals surface area contributed by atoms with Crippen LogP contribution < -0.4 is 5.32 Å². The molecule has 4 nitrogen and oxygen atoms in total. The number of rotatable bonds is 4. The zero-order valence-electron chi connectivity index (χ0n) is 10.6. The van der Waals surface area contributed by atoms with Crippen LogP contribution in [-0.2, 0) is 9.59 Å². The van der Waals surface area contributed by atoms with Gasteiger partial charge in [0.25, 0.3) is 0 Å². The summed E-state index contributed by atoms with van der Waals surface area (Å²) in [4.78, 5) is 22.2. The van der Waals surface area contributed by atoms with Crippen molar-refractivity contribution >= 4 is 22.6 Å². The second kappa shape index (κ2) is 5.52. The first-order valence-corrected chi connectivity index (χ1v) is 6.04. The average Bonchev–Trinajstić information content (AvgIpc) is 2.36. The maximum absolute atomic E-state index is 11.2. The van der Waals surface area contributed by atoms with Crippen LogP contribution in [0.3, 0.4) is 0 Å². The zero-order valence-corrected chi connectivity index (χ0v) is 10.6. The molecule has 0 heterocycles. The van der Waals surface area contributed by atoms with Crippen molar-refractivity contribution in [1.29, 1.82) is 0 Å². The van der Waals surface area contributed by atoms with Crippen molar-refractivity contribution in [3.05, 3.63) is 48.0 Å². The smallest absolute Gasteiger partial charge is 0.305 e. The van der Waals surface area contributed by atoms with E-state index < -0.39 is 12.0 Å². The maximum Gasteiger partial charge on any atom is 0.305 e. The van der Waals surface area contributed by atoms with Gasteiger partial charge in [-0.2, -0.15) is 0 Å². The van der Waals surface area contributed by atoms with Crippen molar-refractivity contribution in [2.24, 2.45) is 0 Å². The van der Waals surface area contributed by atoms with Crippen LogP contribution in [0, 0.1) is 0 Å². The Hall–Kier alpha value is -2.36. The summed E-state index contributed by atoms with van der Waals surface area (Å²) in [5.74, 6) is -1.18. The topological polar surface area (TPSA) is 66.4 Å². The average molecular weight is 257 g/mol. The second-order valence-electron chi connectivity index (χ2n) is 4.42. The highest BCUT2D eigenvalue weighted by Gasteiger charge is 2.18. The van der Waals surface area contributed by atoms with Crippen LogP contribution in [0.25, 0.3) is 10.8 Å². The number of aliphatic carboxylic acids is 1. The SMILES string of the molecule is CC(=O)NC(CC(=O)O)c1cccc2ccccc12. The van der Waals surface area contributed by atoms with Crippen LogP contribution in [0.4, 0.5) is 0 Å².